The molecule has 1 saturated carbocycles. The molecule has 0 unspecified atom stereocenters. The van der Waals surface area contributed by atoms with Crippen LogP contribution in [0.15, 0.2) is 0 Å². The van der Waals surface area contributed by atoms with Crippen molar-refractivity contribution in [2.45, 2.75) is 56.2 Å². The van der Waals surface area contributed by atoms with Crippen LogP contribution in [0.2, 0.25) is 0 Å². The fraction of sp³-hybridized carbons (Fsp3) is 0.938. The van der Waals surface area contributed by atoms with Crippen LogP contribution in [0.5, 0.6) is 0 Å². The predicted molar refractivity (Wildman–Crippen MR) is 88.8 cm³/mol. The van der Waals surface area contributed by atoms with E-state index in [0.717, 1.165) is 45.7 Å². The number of nitrogens with zero attached hydrogens (tertiary/aromatic N) is 1. The first-order chi connectivity index (χ1) is 9.97. The lowest BCUT2D eigenvalue weighted by Crippen LogP contribution is -2.54. The highest BCUT2D eigenvalue weighted by molar-refractivity contribution is 7.99. The van der Waals surface area contributed by atoms with Crippen molar-refractivity contribution >= 4 is 17.7 Å². The molecule has 0 atom stereocenters. The first-order valence-electron chi connectivity index (χ1n) is 8.12. The molecule has 5 heteroatoms. The summed E-state index contributed by atoms with van der Waals surface area (Å²) in [7, 11) is 0. The first kappa shape index (κ1) is 17.1. The van der Waals surface area contributed by atoms with Gasteiger partial charge in [0, 0.05) is 36.3 Å². The highest BCUT2D eigenvalue weighted by atomic mass is 32.2. The van der Waals surface area contributed by atoms with Crippen LogP contribution in [0.3, 0.4) is 0 Å². The number of carbonyl (C=O) groups is 1. The van der Waals surface area contributed by atoms with Gasteiger partial charge in [0.05, 0.1) is 13.2 Å². The van der Waals surface area contributed by atoms with Crippen molar-refractivity contribution in [3.8, 4) is 0 Å². The van der Waals surface area contributed by atoms with E-state index in [1.807, 2.05) is 0 Å². The Labute approximate surface area is 133 Å². The third-order valence-corrected chi connectivity index (χ3v) is 6.22. The molecule has 1 aliphatic carbocycles. The summed E-state index contributed by atoms with van der Waals surface area (Å²) in [4.78, 5) is 14.9. The van der Waals surface area contributed by atoms with Gasteiger partial charge in [0.1, 0.15) is 0 Å². The maximum atomic E-state index is 12.4. The van der Waals surface area contributed by atoms with Crippen LogP contribution in [0.25, 0.3) is 0 Å². The van der Waals surface area contributed by atoms with E-state index in [1.54, 1.807) is 11.8 Å². The van der Waals surface area contributed by atoms with Crippen molar-refractivity contribution in [1.29, 1.82) is 0 Å². The highest BCUT2D eigenvalue weighted by Crippen LogP contribution is 2.38. The Bertz CT molecular complexity index is 348. The zero-order valence-corrected chi connectivity index (χ0v) is 14.6. The minimum absolute atomic E-state index is 0.0946. The second-order valence-electron chi connectivity index (χ2n) is 6.95. The van der Waals surface area contributed by atoms with Gasteiger partial charge in [0.15, 0.2) is 0 Å². The number of nitrogens with one attached hydrogen (secondary N) is 1. The second kappa shape index (κ2) is 7.34. The van der Waals surface area contributed by atoms with Crippen LogP contribution in [0.4, 0.5) is 0 Å². The quantitative estimate of drug-likeness (QED) is 0.817. The molecule has 1 saturated heterocycles. The van der Waals surface area contributed by atoms with Crippen LogP contribution < -0.4 is 5.32 Å². The van der Waals surface area contributed by atoms with Crippen LogP contribution in [0, 0.1) is 0 Å². The highest BCUT2D eigenvalue weighted by Gasteiger charge is 2.41. The Kier molecular flexibility index (Phi) is 5.97. The predicted octanol–water partition coefficient (Wildman–Crippen LogP) is 2.28. The standard InChI is InChI=1S/C16H30N2O2S/c1-15(2,21-3)13-17-14(19)12-16(6-4-5-7-16)18-8-10-20-11-9-18/h4-13H2,1-3H3,(H,17,19). The van der Waals surface area contributed by atoms with E-state index in [2.05, 4.69) is 30.3 Å². The number of amides is 1. The Morgan fingerprint density at radius 3 is 2.48 bits per heavy atom. The van der Waals surface area contributed by atoms with Gasteiger partial charge in [-0.15, -0.1) is 0 Å². The molecule has 122 valence electrons. The van der Waals surface area contributed by atoms with Gasteiger partial charge in [0.25, 0.3) is 0 Å². The van der Waals surface area contributed by atoms with E-state index in [1.165, 1.54) is 12.8 Å². The number of ether oxygens (including phenoxy) is 1. The maximum absolute atomic E-state index is 12.4. The van der Waals surface area contributed by atoms with Gasteiger partial charge in [-0.25, -0.2) is 0 Å². The molecule has 2 aliphatic rings. The number of carbonyl (C=O) groups excluding carboxylic acids is 1. The largest absolute Gasteiger partial charge is 0.379 e. The summed E-state index contributed by atoms with van der Waals surface area (Å²) in [6.45, 7) is 8.65. The molecule has 1 aliphatic heterocycles. The fourth-order valence-electron chi connectivity index (χ4n) is 3.42. The Hall–Kier alpha value is -0.260. The summed E-state index contributed by atoms with van der Waals surface area (Å²) in [5.41, 5.74) is 0.0946. The van der Waals surface area contributed by atoms with Crippen LogP contribution in [0.1, 0.15) is 46.0 Å². The third-order valence-electron chi connectivity index (χ3n) is 4.97. The molecule has 0 bridgehead atoms. The SMILES string of the molecule is CSC(C)(C)CNC(=O)CC1(N2CCOCC2)CCCC1. The molecule has 1 N–H and O–H groups in total. The number of morpholine rings is 1. The molecular formula is C16H30N2O2S. The van der Waals surface area contributed by atoms with E-state index >= 15 is 0 Å². The molecule has 0 radical (unpaired) electrons. The molecule has 0 aromatic heterocycles. The topological polar surface area (TPSA) is 41.6 Å². The van der Waals surface area contributed by atoms with E-state index in [-0.39, 0.29) is 16.2 Å². The lowest BCUT2D eigenvalue weighted by atomic mass is 9.90. The molecular weight excluding hydrogens is 284 g/mol. The normalized spacial score (nSPS) is 23.2. The lowest BCUT2D eigenvalue weighted by molar-refractivity contribution is -0.125. The average Bonchev–Trinajstić information content (AvgIpc) is 2.96. The molecule has 2 fully saturated rings. The number of rotatable bonds is 6. The van der Waals surface area contributed by atoms with E-state index in [4.69, 9.17) is 4.74 Å². The Morgan fingerprint density at radius 2 is 1.90 bits per heavy atom. The van der Waals surface area contributed by atoms with Crippen molar-refractivity contribution in [1.82, 2.24) is 10.2 Å². The molecule has 21 heavy (non-hydrogen) atoms. The molecule has 2 rings (SSSR count). The monoisotopic (exact) mass is 314 g/mol. The molecule has 0 spiro atoms. The average molecular weight is 314 g/mol. The van der Waals surface area contributed by atoms with Crippen LogP contribution in [-0.2, 0) is 9.53 Å². The molecule has 1 heterocycles. The molecule has 4 nitrogen and oxygen atoms in total. The van der Waals surface area contributed by atoms with Gasteiger partial charge < -0.3 is 10.1 Å². The van der Waals surface area contributed by atoms with Gasteiger partial charge >= 0.3 is 0 Å². The number of hydrogen-bond donors (Lipinski definition) is 1. The first-order valence-corrected chi connectivity index (χ1v) is 9.35. The summed E-state index contributed by atoms with van der Waals surface area (Å²) >= 11 is 1.80. The van der Waals surface area contributed by atoms with Crippen molar-refractivity contribution in [2.75, 3.05) is 39.1 Å². The van der Waals surface area contributed by atoms with Crippen molar-refractivity contribution in [3.63, 3.8) is 0 Å². The maximum Gasteiger partial charge on any atom is 0.221 e. The molecule has 0 aromatic rings. The second-order valence-corrected chi connectivity index (χ2v) is 8.46. The zero-order valence-electron chi connectivity index (χ0n) is 13.7. The van der Waals surface area contributed by atoms with Crippen LogP contribution in [-0.4, -0.2) is 60.2 Å². The van der Waals surface area contributed by atoms with Gasteiger partial charge in [-0.05, 0) is 32.9 Å². The zero-order chi connectivity index (χ0) is 15.3. The Balaban J connectivity index is 1.91. The summed E-state index contributed by atoms with van der Waals surface area (Å²) in [6, 6.07) is 0. The lowest BCUT2D eigenvalue weighted by Gasteiger charge is -2.43. The van der Waals surface area contributed by atoms with E-state index in [0.29, 0.717) is 6.42 Å². The smallest absolute Gasteiger partial charge is 0.221 e. The van der Waals surface area contributed by atoms with Crippen molar-refractivity contribution in [3.05, 3.63) is 0 Å². The van der Waals surface area contributed by atoms with Gasteiger partial charge in [-0.2, -0.15) is 11.8 Å². The van der Waals surface area contributed by atoms with E-state index < -0.39 is 0 Å². The molecule has 1 amide bonds. The fourth-order valence-corrected chi connectivity index (χ4v) is 3.64. The third kappa shape index (κ3) is 4.60. The summed E-state index contributed by atoms with van der Waals surface area (Å²) in [6.07, 6.45) is 7.57. The van der Waals surface area contributed by atoms with Crippen molar-refractivity contribution < 1.29 is 9.53 Å². The van der Waals surface area contributed by atoms with Crippen molar-refractivity contribution in [2.24, 2.45) is 0 Å². The van der Waals surface area contributed by atoms with E-state index in [9.17, 15) is 4.79 Å². The molecule has 0 aromatic carbocycles. The summed E-state index contributed by atoms with van der Waals surface area (Å²) in [5, 5.41) is 3.15. The Morgan fingerprint density at radius 1 is 1.29 bits per heavy atom. The minimum atomic E-state index is 0.0946. The van der Waals surface area contributed by atoms with Gasteiger partial charge in [-0.3, -0.25) is 9.69 Å². The summed E-state index contributed by atoms with van der Waals surface area (Å²) in [5.74, 6) is 0.213. The van der Waals surface area contributed by atoms with Crippen LogP contribution >= 0.6 is 11.8 Å². The summed E-state index contributed by atoms with van der Waals surface area (Å²) < 4.78 is 5.58. The minimum Gasteiger partial charge on any atom is -0.379 e. The number of hydrogen-bond acceptors (Lipinski definition) is 4. The van der Waals surface area contributed by atoms with Gasteiger partial charge in [0.2, 0.25) is 5.91 Å². The number of thioether (sulfide) groups is 1. The van der Waals surface area contributed by atoms with Gasteiger partial charge in [-0.1, -0.05) is 12.8 Å².